The number of nitrogens with zero attached hydrogens (tertiary/aromatic N) is 1. The number of ether oxygens (including phenoxy) is 1. The number of likely N-dealkylation sites (N-methyl/N-ethyl adjacent to an activating group) is 1. The van der Waals surface area contributed by atoms with Crippen molar-refractivity contribution in [2.75, 3.05) is 26.7 Å². The molecule has 5 heteroatoms. The van der Waals surface area contributed by atoms with Gasteiger partial charge in [-0.2, -0.15) is 0 Å². The highest BCUT2D eigenvalue weighted by molar-refractivity contribution is 5.21. The van der Waals surface area contributed by atoms with E-state index < -0.39 is 0 Å². The summed E-state index contributed by atoms with van der Waals surface area (Å²) in [7, 11) is 1.98. The molecule has 0 spiro atoms. The van der Waals surface area contributed by atoms with Crippen LogP contribution in [0.5, 0.6) is 0 Å². The van der Waals surface area contributed by atoms with Crippen LogP contribution in [0.1, 0.15) is 62.8 Å². The van der Waals surface area contributed by atoms with Crippen LogP contribution in [0.3, 0.4) is 0 Å². The van der Waals surface area contributed by atoms with Crippen molar-refractivity contribution in [2.24, 2.45) is 5.92 Å². The van der Waals surface area contributed by atoms with Crippen LogP contribution in [0.4, 0.5) is 4.39 Å². The second kappa shape index (κ2) is 8.78. The lowest BCUT2D eigenvalue weighted by Crippen LogP contribution is -2.65. The van der Waals surface area contributed by atoms with Crippen LogP contribution < -0.4 is 5.32 Å². The average molecular weight is 391 g/mol. The van der Waals surface area contributed by atoms with E-state index in [4.69, 9.17) is 4.74 Å². The zero-order valence-electron chi connectivity index (χ0n) is 17.1. The lowest BCUT2D eigenvalue weighted by Gasteiger charge is -2.54. The summed E-state index contributed by atoms with van der Waals surface area (Å²) in [6.45, 7) is 2.09. The molecule has 3 fully saturated rings. The first-order chi connectivity index (χ1) is 13.6. The monoisotopic (exact) mass is 390 g/mol. The fourth-order valence-electron chi connectivity index (χ4n) is 5.38. The summed E-state index contributed by atoms with van der Waals surface area (Å²) >= 11 is 0. The van der Waals surface area contributed by atoms with Crippen LogP contribution in [0.15, 0.2) is 24.3 Å². The van der Waals surface area contributed by atoms with Crippen LogP contribution in [0.25, 0.3) is 0 Å². The molecule has 2 aliphatic carbocycles. The van der Waals surface area contributed by atoms with Gasteiger partial charge in [-0.25, -0.2) is 4.39 Å². The fourth-order valence-corrected chi connectivity index (χ4v) is 5.38. The third-order valence-corrected chi connectivity index (χ3v) is 7.25. The summed E-state index contributed by atoms with van der Waals surface area (Å²) in [6, 6.07) is 7.30. The Kier molecular flexibility index (Phi) is 6.36. The Labute approximate surface area is 168 Å². The van der Waals surface area contributed by atoms with Crippen LogP contribution >= 0.6 is 0 Å². The first-order valence-corrected chi connectivity index (χ1v) is 11.2. The molecule has 1 aromatic rings. The molecule has 0 amide bonds. The summed E-state index contributed by atoms with van der Waals surface area (Å²) in [6.07, 6.45) is 8.84. The Hall–Kier alpha value is -1.01. The Morgan fingerprint density at radius 3 is 2.61 bits per heavy atom. The largest absolute Gasteiger partial charge is 0.632 e. The molecule has 1 saturated heterocycles. The molecule has 1 unspecified atom stereocenters. The number of rotatable bonds is 7. The second-order valence-electron chi connectivity index (χ2n) is 9.27. The highest BCUT2D eigenvalue weighted by Gasteiger charge is 2.42. The van der Waals surface area contributed by atoms with Crippen molar-refractivity contribution < 1.29 is 13.8 Å². The van der Waals surface area contributed by atoms with Crippen molar-refractivity contribution in [1.82, 2.24) is 5.32 Å². The molecule has 3 atom stereocenters. The van der Waals surface area contributed by atoms with Gasteiger partial charge in [-0.3, -0.25) is 0 Å². The van der Waals surface area contributed by atoms with Gasteiger partial charge in [0.25, 0.3) is 0 Å². The number of quaternary nitrogens is 1. The van der Waals surface area contributed by atoms with Gasteiger partial charge in [-0.15, -0.1) is 0 Å². The number of benzene rings is 1. The van der Waals surface area contributed by atoms with E-state index in [1.807, 2.05) is 13.1 Å². The zero-order valence-corrected chi connectivity index (χ0v) is 17.1. The average Bonchev–Trinajstić information content (AvgIpc) is 3.51. The van der Waals surface area contributed by atoms with E-state index in [1.165, 1.54) is 18.9 Å². The van der Waals surface area contributed by atoms with Crippen molar-refractivity contribution >= 4 is 0 Å². The first kappa shape index (κ1) is 20.3. The molecule has 4 rings (SSSR count). The van der Waals surface area contributed by atoms with Gasteiger partial charge in [0.2, 0.25) is 0 Å². The Morgan fingerprint density at radius 1 is 1.14 bits per heavy atom. The van der Waals surface area contributed by atoms with Crippen LogP contribution in [-0.4, -0.2) is 49.6 Å². The maximum absolute atomic E-state index is 13.6. The predicted molar refractivity (Wildman–Crippen MR) is 109 cm³/mol. The van der Waals surface area contributed by atoms with E-state index in [0.29, 0.717) is 18.4 Å². The van der Waals surface area contributed by atoms with Crippen LogP contribution in [0, 0.1) is 16.9 Å². The van der Waals surface area contributed by atoms with E-state index in [0.717, 1.165) is 57.2 Å². The van der Waals surface area contributed by atoms with Crippen molar-refractivity contribution in [3.05, 3.63) is 40.9 Å². The van der Waals surface area contributed by atoms with Gasteiger partial charge in [0, 0.05) is 5.92 Å². The number of nitrogens with one attached hydrogen (secondary N) is 1. The van der Waals surface area contributed by atoms with E-state index >= 15 is 0 Å². The number of halogens is 1. The normalized spacial score (nSPS) is 36.4. The number of hydrogen-bond acceptors (Lipinski definition) is 3. The molecule has 0 radical (unpaired) electrons. The lowest BCUT2D eigenvalue weighted by molar-refractivity contribution is -0.914. The fraction of sp³-hybridized carbons (Fsp3) is 0.739. The molecular weight excluding hydrogens is 355 g/mol. The van der Waals surface area contributed by atoms with E-state index in [1.54, 1.807) is 12.1 Å². The highest BCUT2D eigenvalue weighted by Crippen LogP contribution is 2.37. The summed E-state index contributed by atoms with van der Waals surface area (Å²) in [5, 5.41) is 17.0. The smallest absolute Gasteiger partial charge is 0.128 e. The lowest BCUT2D eigenvalue weighted by atomic mass is 9.82. The SMILES string of the molecule is CN[C@H]1CCC[N+]([O-])(CC2CC2)[C@H]1COC1CCC(c2cccc(F)c2)CC1. The van der Waals surface area contributed by atoms with Crippen molar-refractivity contribution in [3.8, 4) is 0 Å². The highest BCUT2D eigenvalue weighted by atomic mass is 19.1. The molecule has 1 aromatic carbocycles. The number of likely N-dealkylation sites (tertiary alicyclic amines) is 1. The molecule has 1 heterocycles. The Bertz CT molecular complexity index is 645. The molecule has 1 N–H and O–H groups in total. The molecule has 0 aromatic heterocycles. The van der Waals surface area contributed by atoms with Crippen molar-refractivity contribution in [1.29, 1.82) is 0 Å². The van der Waals surface area contributed by atoms with Crippen LogP contribution in [-0.2, 0) is 4.74 Å². The molecular formula is C23H35FN2O2. The minimum Gasteiger partial charge on any atom is -0.632 e. The molecule has 1 aliphatic heterocycles. The van der Waals surface area contributed by atoms with Gasteiger partial charge in [-0.05, 0) is 82.0 Å². The molecule has 4 nitrogen and oxygen atoms in total. The third-order valence-electron chi connectivity index (χ3n) is 7.25. The van der Waals surface area contributed by atoms with Crippen molar-refractivity contribution in [3.63, 3.8) is 0 Å². The quantitative estimate of drug-likeness (QED) is 0.556. The van der Waals surface area contributed by atoms with Crippen molar-refractivity contribution in [2.45, 2.75) is 75.5 Å². The topological polar surface area (TPSA) is 44.3 Å². The summed E-state index contributed by atoms with van der Waals surface area (Å²) in [5.74, 6) is 0.920. The molecule has 0 bridgehead atoms. The summed E-state index contributed by atoms with van der Waals surface area (Å²) in [4.78, 5) is 0. The second-order valence-corrected chi connectivity index (χ2v) is 9.27. The predicted octanol–water partition coefficient (Wildman–Crippen LogP) is 4.34. The van der Waals surface area contributed by atoms with Gasteiger partial charge < -0.3 is 19.9 Å². The minimum absolute atomic E-state index is 0.0142. The Balaban J connectivity index is 1.31. The third kappa shape index (κ3) is 4.76. The van der Waals surface area contributed by atoms with Gasteiger partial charge in [0.1, 0.15) is 18.5 Å². The van der Waals surface area contributed by atoms with E-state index in [2.05, 4.69) is 5.32 Å². The van der Waals surface area contributed by atoms with E-state index in [-0.39, 0.29) is 28.7 Å². The maximum atomic E-state index is 13.6. The first-order valence-electron chi connectivity index (χ1n) is 11.2. The standard InChI is InChI=1S/C23H35FN2O2/c1-25-22-6-3-13-26(27,15-17-7-8-17)23(22)16-28-21-11-9-18(10-12-21)19-4-2-5-20(24)14-19/h2,4-5,14,17-18,21-23,25H,3,6-13,15-16H2,1H3/t18?,21?,22-,23-,26?/m0/s1. The summed E-state index contributed by atoms with van der Waals surface area (Å²) < 4.78 is 19.8. The Morgan fingerprint density at radius 2 is 1.93 bits per heavy atom. The molecule has 3 aliphatic rings. The minimum atomic E-state index is -0.147. The van der Waals surface area contributed by atoms with Gasteiger partial charge in [0.05, 0.1) is 25.2 Å². The van der Waals surface area contributed by atoms with Gasteiger partial charge in [0.15, 0.2) is 0 Å². The number of hydroxylamine groups is 3. The van der Waals surface area contributed by atoms with E-state index in [9.17, 15) is 9.60 Å². The molecule has 156 valence electrons. The van der Waals surface area contributed by atoms with Gasteiger partial charge >= 0.3 is 0 Å². The summed E-state index contributed by atoms with van der Waals surface area (Å²) in [5.41, 5.74) is 1.11. The molecule has 28 heavy (non-hydrogen) atoms. The van der Waals surface area contributed by atoms with Gasteiger partial charge in [-0.1, -0.05) is 12.1 Å². The number of piperidine rings is 1. The maximum Gasteiger partial charge on any atom is 0.128 e. The van der Waals surface area contributed by atoms with Crippen LogP contribution in [0.2, 0.25) is 0 Å². The zero-order chi connectivity index (χ0) is 19.6. The number of hydrogen-bond donors (Lipinski definition) is 1. The molecule has 2 saturated carbocycles.